The summed E-state index contributed by atoms with van der Waals surface area (Å²) in [6, 6.07) is 9.28. The average molecular weight is 602 g/mol. The van der Waals surface area contributed by atoms with E-state index in [1.54, 1.807) is 25.1 Å². The number of hydrogen-bond acceptors (Lipinski definition) is 6. The van der Waals surface area contributed by atoms with Gasteiger partial charge in [0, 0.05) is 18.1 Å². The Bertz CT molecular complexity index is 1730. The molecule has 0 radical (unpaired) electrons. The fourth-order valence-electron chi connectivity index (χ4n) is 3.69. The maximum absolute atomic E-state index is 13.6. The predicted molar refractivity (Wildman–Crippen MR) is 137 cm³/mol. The Morgan fingerprint density at radius 1 is 1.13 bits per heavy atom. The number of sulfonamides is 1. The van der Waals surface area contributed by atoms with Gasteiger partial charge in [0.15, 0.2) is 11.5 Å². The van der Waals surface area contributed by atoms with Gasteiger partial charge in [-0.25, -0.2) is 18.2 Å². The molecule has 0 fully saturated rings. The molecule has 0 unspecified atom stereocenters. The molecule has 39 heavy (non-hydrogen) atoms. The molecule has 0 saturated heterocycles. The van der Waals surface area contributed by atoms with Crippen molar-refractivity contribution in [3.05, 3.63) is 76.0 Å². The average Bonchev–Trinajstić information content (AvgIpc) is 3.23. The fourth-order valence-corrected chi connectivity index (χ4v) is 5.16. The van der Waals surface area contributed by atoms with Gasteiger partial charge in [-0.3, -0.25) is 14.4 Å². The van der Waals surface area contributed by atoms with Gasteiger partial charge in [-0.2, -0.15) is 17.9 Å². The maximum Gasteiger partial charge on any atom is 0.432 e. The Morgan fingerprint density at radius 2 is 1.82 bits per heavy atom. The number of anilines is 2. The molecule has 1 amide bonds. The van der Waals surface area contributed by atoms with Crippen molar-refractivity contribution in [1.82, 2.24) is 14.8 Å². The number of carboxylic acid groups (broad SMARTS) is 1. The number of nitrogens with zero attached hydrogens (tertiary/aromatic N) is 4. The van der Waals surface area contributed by atoms with E-state index in [9.17, 15) is 36.3 Å². The van der Waals surface area contributed by atoms with Crippen LogP contribution in [0.4, 0.5) is 29.5 Å². The minimum absolute atomic E-state index is 0.0396. The molecule has 0 spiro atoms. The summed E-state index contributed by atoms with van der Waals surface area (Å²) in [5.41, 5.74) is -2.08. The van der Waals surface area contributed by atoms with E-state index >= 15 is 0 Å². The Labute approximate surface area is 228 Å². The van der Waals surface area contributed by atoms with Gasteiger partial charge in [0.1, 0.15) is 0 Å². The second-order valence-corrected chi connectivity index (χ2v) is 10.4. The molecule has 10 nitrogen and oxygen atoms in total. The van der Waals surface area contributed by atoms with Gasteiger partial charge in [0.2, 0.25) is 0 Å². The van der Waals surface area contributed by atoms with Crippen LogP contribution in [0.15, 0.2) is 59.6 Å². The first-order chi connectivity index (χ1) is 18.2. The molecule has 2 aromatic carbocycles. The van der Waals surface area contributed by atoms with Gasteiger partial charge in [-0.05, 0) is 43.3 Å². The number of fused-ring (bicyclic) bond motifs is 1. The van der Waals surface area contributed by atoms with Crippen LogP contribution in [-0.4, -0.2) is 46.8 Å². The molecule has 0 atom stereocenters. The molecule has 0 saturated carbocycles. The molecule has 0 aliphatic rings. The molecule has 16 heteroatoms. The zero-order valence-corrected chi connectivity index (χ0v) is 21.9. The number of para-hydroxylation sites is 1. The van der Waals surface area contributed by atoms with Gasteiger partial charge in [-0.15, -0.1) is 5.10 Å². The number of carbonyl (C=O) groups excluding carboxylic acids is 1. The predicted octanol–water partition coefficient (Wildman–Crippen LogP) is 5.75. The van der Waals surface area contributed by atoms with E-state index in [0.717, 1.165) is 29.3 Å². The lowest BCUT2D eigenvalue weighted by Crippen LogP contribution is -2.33. The summed E-state index contributed by atoms with van der Waals surface area (Å²) in [6.07, 6.45) is -5.26. The Morgan fingerprint density at radius 3 is 2.46 bits per heavy atom. The van der Waals surface area contributed by atoms with Crippen molar-refractivity contribution in [1.29, 1.82) is 0 Å². The van der Waals surface area contributed by atoms with Crippen LogP contribution >= 0.6 is 23.2 Å². The lowest BCUT2D eigenvalue weighted by Gasteiger charge is -2.20. The second-order valence-electron chi connectivity index (χ2n) is 7.88. The van der Waals surface area contributed by atoms with E-state index in [1.165, 1.54) is 6.07 Å². The Hall–Kier alpha value is -3.88. The number of pyridine rings is 1. The molecule has 2 aromatic heterocycles. The highest BCUT2D eigenvalue weighted by molar-refractivity contribution is 7.92. The quantitative estimate of drug-likeness (QED) is 0.287. The number of alkyl halides is 3. The van der Waals surface area contributed by atoms with E-state index in [4.69, 9.17) is 23.2 Å². The minimum atomic E-state index is -4.93. The molecule has 0 aliphatic heterocycles. The van der Waals surface area contributed by atoms with Crippen molar-refractivity contribution in [2.45, 2.75) is 18.0 Å². The largest absolute Gasteiger partial charge is 0.463 e. The molecule has 4 aromatic rings. The van der Waals surface area contributed by atoms with Crippen molar-refractivity contribution in [2.24, 2.45) is 0 Å². The van der Waals surface area contributed by atoms with E-state index in [2.05, 4.69) is 14.8 Å². The Kier molecular flexibility index (Phi) is 7.47. The molecule has 0 bridgehead atoms. The highest BCUT2D eigenvalue weighted by Crippen LogP contribution is 2.36. The number of amides is 1. The molecule has 2 N–H and O–H groups in total. The summed E-state index contributed by atoms with van der Waals surface area (Å²) in [4.78, 5) is 29.5. The molecule has 204 valence electrons. The normalized spacial score (nSPS) is 11.9. The van der Waals surface area contributed by atoms with Crippen LogP contribution in [-0.2, 0) is 16.2 Å². The molecular formula is C23H16Cl2F3N5O5S. The van der Waals surface area contributed by atoms with Gasteiger partial charge >= 0.3 is 12.3 Å². The monoisotopic (exact) mass is 601 g/mol. The van der Waals surface area contributed by atoms with Crippen molar-refractivity contribution in [2.75, 3.05) is 16.2 Å². The fraction of sp³-hybridized carbons (Fsp3) is 0.130. The third-order valence-electron chi connectivity index (χ3n) is 5.42. The smallest absolute Gasteiger partial charge is 0.432 e. The summed E-state index contributed by atoms with van der Waals surface area (Å²) >= 11 is 11.6. The Balaban J connectivity index is 1.78. The number of aromatic nitrogens is 3. The van der Waals surface area contributed by atoms with Crippen LogP contribution < -0.4 is 9.62 Å². The van der Waals surface area contributed by atoms with Crippen LogP contribution in [0.2, 0.25) is 10.0 Å². The van der Waals surface area contributed by atoms with Gasteiger partial charge < -0.3 is 5.11 Å². The molecular weight excluding hydrogens is 586 g/mol. The maximum atomic E-state index is 13.6. The van der Waals surface area contributed by atoms with Gasteiger partial charge in [-0.1, -0.05) is 35.3 Å². The zero-order valence-electron chi connectivity index (χ0n) is 19.6. The number of nitrogens with one attached hydrogen (secondary N) is 1. The number of halogens is 5. The number of hydrogen-bond donors (Lipinski definition) is 2. The zero-order chi connectivity index (χ0) is 28.7. The molecule has 4 rings (SSSR count). The third-order valence-corrected chi connectivity index (χ3v) is 7.32. The minimum Gasteiger partial charge on any atom is -0.463 e. The van der Waals surface area contributed by atoms with E-state index in [0.29, 0.717) is 16.1 Å². The van der Waals surface area contributed by atoms with Gasteiger partial charge in [0.05, 0.1) is 31.7 Å². The first-order valence-electron chi connectivity index (χ1n) is 10.8. The first-order valence-corrected chi connectivity index (χ1v) is 13.1. The first kappa shape index (κ1) is 28.1. The van der Waals surface area contributed by atoms with Crippen LogP contribution in [0.25, 0.3) is 10.9 Å². The summed E-state index contributed by atoms with van der Waals surface area (Å²) in [6.45, 7) is 1.53. The number of benzene rings is 2. The van der Waals surface area contributed by atoms with Crippen LogP contribution in [0.5, 0.6) is 0 Å². The second kappa shape index (κ2) is 10.4. The van der Waals surface area contributed by atoms with E-state index < -0.39 is 55.1 Å². The summed E-state index contributed by atoms with van der Waals surface area (Å²) < 4.78 is 68.7. The summed E-state index contributed by atoms with van der Waals surface area (Å²) in [7, 11) is -4.70. The van der Waals surface area contributed by atoms with Crippen molar-refractivity contribution in [3.63, 3.8) is 0 Å². The van der Waals surface area contributed by atoms with Crippen molar-refractivity contribution < 1.29 is 36.3 Å². The van der Waals surface area contributed by atoms with Crippen molar-refractivity contribution >= 4 is 67.6 Å². The third kappa shape index (κ3) is 5.48. The summed E-state index contributed by atoms with van der Waals surface area (Å²) in [5, 5.41) is 13.1. The van der Waals surface area contributed by atoms with Crippen LogP contribution in [0, 0.1) is 0 Å². The van der Waals surface area contributed by atoms with Gasteiger partial charge in [0.25, 0.3) is 15.9 Å². The van der Waals surface area contributed by atoms with Crippen LogP contribution in [0.1, 0.15) is 23.0 Å². The van der Waals surface area contributed by atoms with Crippen LogP contribution in [0.3, 0.4) is 0 Å². The highest BCUT2D eigenvalue weighted by Gasteiger charge is 2.35. The SMILES string of the molecule is CCN(C(=O)c1ncc(Cl)cc1NS(=O)(=O)c1ccc(Cl)c(C(F)(F)F)c1)c1nn(C(=O)O)c2ccccc12. The number of carbonyl (C=O) groups is 2. The molecule has 2 heterocycles. The molecule has 0 aliphatic carbocycles. The van der Waals surface area contributed by atoms with E-state index in [1.807, 2.05) is 0 Å². The number of rotatable bonds is 6. The highest BCUT2D eigenvalue weighted by atomic mass is 35.5. The standard InChI is InChI=1S/C23H16Cl2F3N5O5S/c1-2-32(20-14-5-3-4-6-18(14)33(30-20)22(35)36)21(34)19-17(9-12(24)11-29-19)31-39(37,38)13-7-8-16(25)15(10-13)23(26,27)28/h3-11,31H,2H2,1H3,(H,35,36). The lowest BCUT2D eigenvalue weighted by molar-refractivity contribution is -0.137. The lowest BCUT2D eigenvalue weighted by atomic mass is 10.2. The van der Waals surface area contributed by atoms with Crippen molar-refractivity contribution in [3.8, 4) is 0 Å². The topological polar surface area (TPSA) is 134 Å². The van der Waals surface area contributed by atoms with E-state index in [-0.39, 0.29) is 22.9 Å². The summed E-state index contributed by atoms with van der Waals surface area (Å²) in [5.74, 6) is -0.932.